The second-order valence-corrected chi connectivity index (χ2v) is 4.62. The van der Waals surface area contributed by atoms with Crippen molar-refractivity contribution in [2.45, 2.75) is 13.0 Å². The molecule has 1 saturated heterocycles. The average molecular weight is 279 g/mol. The van der Waals surface area contributed by atoms with Crippen molar-refractivity contribution in [3.05, 3.63) is 24.0 Å². The Morgan fingerprint density at radius 1 is 1.45 bits per heavy atom. The smallest absolute Gasteiger partial charge is 0.410 e. The van der Waals surface area contributed by atoms with Crippen LogP contribution in [0.4, 0.5) is 10.5 Å². The molecule has 2 rings (SSSR count). The number of hydrogen-bond acceptors (Lipinski definition) is 5. The van der Waals surface area contributed by atoms with E-state index < -0.39 is 18.1 Å². The molecule has 7 heteroatoms. The Balaban J connectivity index is 2.18. The predicted molar refractivity (Wildman–Crippen MR) is 71.7 cm³/mol. The molecule has 1 aromatic rings. The molecule has 1 aliphatic rings. The minimum Gasteiger partial charge on any atom is -0.480 e. The minimum atomic E-state index is -1.04. The highest BCUT2D eigenvalue weighted by molar-refractivity contribution is 5.81. The summed E-state index contributed by atoms with van der Waals surface area (Å²) in [6, 6.07) is 2.82. The van der Waals surface area contributed by atoms with Crippen LogP contribution in [-0.2, 0) is 9.53 Å². The molecule has 1 amide bonds. The Morgan fingerprint density at radius 2 is 2.20 bits per heavy atom. The second-order valence-electron chi connectivity index (χ2n) is 4.62. The van der Waals surface area contributed by atoms with Gasteiger partial charge in [-0.15, -0.1) is 0 Å². The molecule has 1 aliphatic heterocycles. The van der Waals surface area contributed by atoms with Gasteiger partial charge in [0.2, 0.25) is 0 Å². The van der Waals surface area contributed by atoms with Crippen LogP contribution in [0, 0.1) is 6.92 Å². The van der Waals surface area contributed by atoms with Gasteiger partial charge in [0.15, 0.2) is 0 Å². The van der Waals surface area contributed by atoms with E-state index in [0.29, 0.717) is 13.1 Å². The maximum absolute atomic E-state index is 11.6. The van der Waals surface area contributed by atoms with Crippen molar-refractivity contribution in [2.24, 2.45) is 0 Å². The molecule has 0 spiro atoms. The van der Waals surface area contributed by atoms with Gasteiger partial charge in [0, 0.05) is 37.2 Å². The van der Waals surface area contributed by atoms with E-state index >= 15 is 0 Å². The van der Waals surface area contributed by atoms with Crippen molar-refractivity contribution in [2.75, 3.05) is 31.6 Å². The van der Waals surface area contributed by atoms with Crippen molar-refractivity contribution in [3.8, 4) is 0 Å². The molecule has 0 radical (unpaired) electrons. The maximum Gasteiger partial charge on any atom is 0.410 e. The van der Waals surface area contributed by atoms with E-state index in [9.17, 15) is 14.7 Å². The van der Waals surface area contributed by atoms with Crippen LogP contribution in [-0.4, -0.2) is 59.8 Å². The number of carbonyl (C=O) groups is 2. The van der Waals surface area contributed by atoms with Gasteiger partial charge in [0.1, 0.15) is 6.04 Å². The number of amides is 1. The highest BCUT2D eigenvalue weighted by Crippen LogP contribution is 2.20. The highest BCUT2D eigenvalue weighted by atomic mass is 16.5. The van der Waals surface area contributed by atoms with Gasteiger partial charge in [-0.05, 0) is 19.1 Å². The Morgan fingerprint density at radius 3 is 2.80 bits per heavy atom. The lowest BCUT2D eigenvalue weighted by atomic mass is 10.1. The summed E-state index contributed by atoms with van der Waals surface area (Å²) >= 11 is 0. The van der Waals surface area contributed by atoms with Crippen LogP contribution in [0.2, 0.25) is 0 Å². The number of pyridine rings is 1. The van der Waals surface area contributed by atoms with E-state index in [0.717, 1.165) is 11.4 Å². The van der Waals surface area contributed by atoms with Crippen LogP contribution in [0.5, 0.6) is 0 Å². The van der Waals surface area contributed by atoms with Crippen molar-refractivity contribution in [3.63, 3.8) is 0 Å². The number of nitrogens with zero attached hydrogens (tertiary/aromatic N) is 3. The van der Waals surface area contributed by atoms with Crippen molar-refractivity contribution in [1.82, 2.24) is 9.88 Å². The van der Waals surface area contributed by atoms with E-state index in [4.69, 9.17) is 0 Å². The standard InChI is InChI=1S/C13H17N3O4/c1-9-7-10(3-4-14-9)15-5-6-16(13(19)20-2)11(8-15)12(17)18/h3-4,7,11H,5-6,8H2,1-2H3,(H,17,18). The Bertz CT molecular complexity index is 520. The fraction of sp³-hybridized carbons (Fsp3) is 0.462. The molecule has 20 heavy (non-hydrogen) atoms. The number of anilines is 1. The second kappa shape index (κ2) is 5.77. The van der Waals surface area contributed by atoms with Gasteiger partial charge in [-0.25, -0.2) is 9.59 Å². The van der Waals surface area contributed by atoms with Gasteiger partial charge >= 0.3 is 12.1 Å². The molecule has 1 atom stereocenters. The predicted octanol–water partition coefficient (Wildman–Crippen LogP) is 0.732. The normalized spacial score (nSPS) is 18.8. The summed E-state index contributed by atoms with van der Waals surface area (Å²) in [5, 5.41) is 9.28. The summed E-state index contributed by atoms with van der Waals surface area (Å²) < 4.78 is 4.63. The van der Waals surface area contributed by atoms with Gasteiger partial charge in [-0.2, -0.15) is 0 Å². The number of aryl methyl sites for hydroxylation is 1. The summed E-state index contributed by atoms with van der Waals surface area (Å²) in [6.07, 6.45) is 1.08. The molecule has 0 saturated carbocycles. The summed E-state index contributed by atoms with van der Waals surface area (Å²) in [7, 11) is 1.25. The van der Waals surface area contributed by atoms with Crippen LogP contribution >= 0.6 is 0 Å². The molecule has 1 fully saturated rings. The zero-order valence-corrected chi connectivity index (χ0v) is 11.4. The number of methoxy groups -OCH3 is 1. The molecule has 1 N–H and O–H groups in total. The Labute approximate surface area is 116 Å². The first-order chi connectivity index (χ1) is 9.52. The number of aromatic nitrogens is 1. The Hall–Kier alpha value is -2.31. The fourth-order valence-electron chi connectivity index (χ4n) is 2.29. The molecule has 0 aliphatic carbocycles. The monoisotopic (exact) mass is 279 g/mol. The lowest BCUT2D eigenvalue weighted by Crippen LogP contribution is -2.58. The zero-order valence-electron chi connectivity index (χ0n) is 11.4. The van der Waals surface area contributed by atoms with Crippen LogP contribution in [0.1, 0.15) is 5.69 Å². The molecule has 1 unspecified atom stereocenters. The minimum absolute atomic E-state index is 0.230. The first-order valence-electron chi connectivity index (χ1n) is 6.28. The van der Waals surface area contributed by atoms with Gasteiger partial charge in [0.05, 0.1) is 7.11 Å². The lowest BCUT2D eigenvalue weighted by Gasteiger charge is -2.39. The first kappa shape index (κ1) is 14.1. The number of carbonyl (C=O) groups excluding carboxylic acids is 1. The SMILES string of the molecule is COC(=O)N1CCN(c2ccnc(C)c2)CC1C(=O)O. The molecular weight excluding hydrogens is 262 g/mol. The number of aliphatic carboxylic acids is 1. The number of ether oxygens (including phenoxy) is 1. The number of piperazine rings is 1. The van der Waals surface area contributed by atoms with E-state index in [1.807, 2.05) is 24.0 Å². The summed E-state index contributed by atoms with van der Waals surface area (Å²) in [6.45, 7) is 2.98. The van der Waals surface area contributed by atoms with Crippen LogP contribution < -0.4 is 4.90 Å². The summed E-state index contributed by atoms with van der Waals surface area (Å²) in [4.78, 5) is 30.2. The zero-order chi connectivity index (χ0) is 14.7. The first-order valence-corrected chi connectivity index (χ1v) is 6.28. The largest absolute Gasteiger partial charge is 0.480 e. The van der Waals surface area contributed by atoms with E-state index in [1.165, 1.54) is 12.0 Å². The molecule has 7 nitrogen and oxygen atoms in total. The summed E-state index contributed by atoms with van der Waals surface area (Å²) in [5.41, 5.74) is 1.78. The third kappa shape index (κ3) is 2.81. The van der Waals surface area contributed by atoms with Gasteiger partial charge < -0.3 is 14.7 Å². The molecule has 1 aromatic heterocycles. The molecular formula is C13H17N3O4. The third-order valence-electron chi connectivity index (χ3n) is 3.32. The number of rotatable bonds is 2. The van der Waals surface area contributed by atoms with Gasteiger partial charge in [0.25, 0.3) is 0 Å². The molecule has 0 aromatic carbocycles. The quantitative estimate of drug-likeness (QED) is 0.859. The van der Waals surface area contributed by atoms with Crippen molar-refractivity contribution < 1.29 is 19.4 Å². The topological polar surface area (TPSA) is 83.0 Å². The van der Waals surface area contributed by atoms with E-state index in [1.54, 1.807) is 6.20 Å². The van der Waals surface area contributed by atoms with Crippen LogP contribution in [0.25, 0.3) is 0 Å². The summed E-state index contributed by atoms with van der Waals surface area (Å²) in [5.74, 6) is -1.04. The van der Waals surface area contributed by atoms with E-state index in [-0.39, 0.29) is 6.54 Å². The van der Waals surface area contributed by atoms with Crippen molar-refractivity contribution in [1.29, 1.82) is 0 Å². The van der Waals surface area contributed by atoms with Gasteiger partial charge in [-0.3, -0.25) is 9.88 Å². The number of carboxylic acid groups (broad SMARTS) is 1. The Kier molecular flexibility index (Phi) is 4.07. The van der Waals surface area contributed by atoms with Crippen LogP contribution in [0.3, 0.4) is 0 Å². The molecule has 0 bridgehead atoms. The van der Waals surface area contributed by atoms with Gasteiger partial charge in [-0.1, -0.05) is 0 Å². The van der Waals surface area contributed by atoms with Crippen molar-refractivity contribution >= 4 is 17.7 Å². The average Bonchev–Trinajstić information content (AvgIpc) is 2.45. The number of carboxylic acids is 1. The van der Waals surface area contributed by atoms with Crippen LogP contribution in [0.15, 0.2) is 18.3 Å². The highest BCUT2D eigenvalue weighted by Gasteiger charge is 2.36. The van der Waals surface area contributed by atoms with E-state index in [2.05, 4.69) is 9.72 Å². The third-order valence-corrected chi connectivity index (χ3v) is 3.32. The molecule has 108 valence electrons. The number of hydrogen-bond donors (Lipinski definition) is 1. The maximum atomic E-state index is 11.6. The lowest BCUT2D eigenvalue weighted by molar-refractivity contribution is -0.142. The fourth-order valence-corrected chi connectivity index (χ4v) is 2.29. The molecule has 2 heterocycles.